The van der Waals surface area contributed by atoms with Gasteiger partial charge in [0, 0.05) is 61.2 Å². The van der Waals surface area contributed by atoms with Crippen LogP contribution in [0, 0.1) is 52.6 Å². The lowest BCUT2D eigenvalue weighted by molar-refractivity contribution is 0.162. The highest BCUT2D eigenvalue weighted by Gasteiger charge is 2.51. The van der Waals surface area contributed by atoms with Gasteiger partial charge in [0.15, 0.2) is 5.82 Å². The van der Waals surface area contributed by atoms with Crippen molar-refractivity contribution in [3.63, 3.8) is 0 Å². The lowest BCUT2D eigenvalue weighted by atomic mass is 9.95. The average molecular weight is 678 g/mol. The first-order chi connectivity index (χ1) is 24.3. The SMILES string of the molecule is C#Cc1c(F)ccc2cc(O)cc(-c3nc(OC)c4c(N5CC6CCC(C5)N6CC#N)nc(OCC5(CN6CC7CC7C6)CC5)nc4c3F)c12. The van der Waals surface area contributed by atoms with Crippen molar-refractivity contribution in [2.75, 3.05) is 57.9 Å². The van der Waals surface area contributed by atoms with Gasteiger partial charge in [-0.05, 0) is 67.5 Å². The number of halogens is 2. The highest BCUT2D eigenvalue weighted by molar-refractivity contribution is 6.04. The van der Waals surface area contributed by atoms with E-state index in [0.29, 0.717) is 42.8 Å². The molecule has 5 fully saturated rings. The Morgan fingerprint density at radius 2 is 1.80 bits per heavy atom. The third-order valence-electron chi connectivity index (χ3n) is 11.6. The second kappa shape index (κ2) is 11.6. The molecule has 1 N–H and O–H groups in total. The van der Waals surface area contributed by atoms with Crippen LogP contribution in [0.4, 0.5) is 14.6 Å². The van der Waals surface area contributed by atoms with E-state index in [9.17, 15) is 14.8 Å². The van der Waals surface area contributed by atoms with Gasteiger partial charge in [-0.3, -0.25) is 4.90 Å². The van der Waals surface area contributed by atoms with Gasteiger partial charge in [0.05, 0.1) is 31.9 Å². The Balaban J connectivity index is 1.17. The summed E-state index contributed by atoms with van der Waals surface area (Å²) in [6.45, 7) is 5.21. The Labute approximate surface area is 288 Å². The maximum atomic E-state index is 17.2. The molecule has 2 aromatic carbocycles. The second-order valence-electron chi connectivity index (χ2n) is 14.9. The van der Waals surface area contributed by atoms with Crippen molar-refractivity contribution >= 4 is 27.5 Å². The van der Waals surface area contributed by atoms with Crippen molar-refractivity contribution in [2.24, 2.45) is 17.3 Å². The van der Waals surface area contributed by atoms with E-state index in [1.54, 1.807) is 0 Å². The van der Waals surface area contributed by atoms with Crippen LogP contribution >= 0.6 is 0 Å². The number of piperazine rings is 1. The smallest absolute Gasteiger partial charge is 0.319 e. The zero-order valence-electron chi connectivity index (χ0n) is 27.8. The molecule has 12 heteroatoms. The summed E-state index contributed by atoms with van der Waals surface area (Å²) in [6.07, 6.45) is 11.1. The molecule has 0 radical (unpaired) electrons. The number of hydrogen-bond acceptors (Lipinski definition) is 10. The van der Waals surface area contributed by atoms with E-state index in [-0.39, 0.29) is 62.9 Å². The van der Waals surface area contributed by atoms with Gasteiger partial charge in [0.1, 0.15) is 34.0 Å². The van der Waals surface area contributed by atoms with Crippen LogP contribution in [-0.2, 0) is 0 Å². The number of likely N-dealkylation sites (tertiary alicyclic amines) is 1. The molecule has 2 saturated carbocycles. The van der Waals surface area contributed by atoms with E-state index in [4.69, 9.17) is 20.9 Å². The minimum atomic E-state index is -0.794. The number of rotatable bonds is 9. The molecule has 3 saturated heterocycles. The molecule has 4 unspecified atom stereocenters. The molecule has 2 aromatic heterocycles. The van der Waals surface area contributed by atoms with Gasteiger partial charge in [-0.15, -0.1) is 6.42 Å². The molecule has 5 aliphatic rings. The van der Waals surface area contributed by atoms with Crippen LogP contribution in [0.5, 0.6) is 17.6 Å². The lowest BCUT2D eigenvalue weighted by Crippen LogP contribution is -2.54. The largest absolute Gasteiger partial charge is 0.508 e. The van der Waals surface area contributed by atoms with Crippen LogP contribution in [0.15, 0.2) is 24.3 Å². The van der Waals surface area contributed by atoms with Gasteiger partial charge in [-0.25, -0.2) is 13.8 Å². The number of terminal acetylenes is 1. The van der Waals surface area contributed by atoms with Gasteiger partial charge in [-0.1, -0.05) is 12.0 Å². The summed E-state index contributed by atoms with van der Waals surface area (Å²) in [5, 5.41) is 21.1. The Bertz CT molecular complexity index is 2120. The Morgan fingerprint density at radius 1 is 1.04 bits per heavy atom. The molecule has 5 heterocycles. The first-order valence-corrected chi connectivity index (χ1v) is 17.4. The number of hydrogen-bond donors (Lipinski definition) is 1. The number of nitrogens with zero attached hydrogens (tertiary/aromatic N) is 7. The molecule has 4 atom stereocenters. The van der Waals surface area contributed by atoms with Crippen molar-refractivity contribution in [2.45, 2.75) is 44.2 Å². The number of aromatic nitrogens is 3. The monoisotopic (exact) mass is 677 g/mol. The number of aromatic hydroxyl groups is 1. The number of ether oxygens (including phenoxy) is 2. The molecule has 0 amide bonds. The van der Waals surface area contributed by atoms with Gasteiger partial charge in [0.2, 0.25) is 5.88 Å². The van der Waals surface area contributed by atoms with Crippen LogP contribution in [0.25, 0.3) is 32.9 Å². The fourth-order valence-electron chi connectivity index (χ4n) is 8.82. The number of methoxy groups -OCH3 is 1. The standard InChI is InChI=1S/C38H37F2N7O3/c1-3-27-29(39)7-4-21-13-26(48)14-28(30(21)27)33-32(40)34-31(36(42-33)49-2)35(46-17-24-5-6-25(18-46)47(24)11-10-41)44-37(43-34)50-20-38(8-9-38)19-45-15-22-12-23(22)16-45/h1,4,7,13-14,22-25,48H,5-6,8-9,11-12,15-20H2,2H3. The maximum absolute atomic E-state index is 17.2. The summed E-state index contributed by atoms with van der Waals surface area (Å²) in [7, 11) is 1.44. The van der Waals surface area contributed by atoms with Gasteiger partial charge in [-0.2, -0.15) is 15.2 Å². The zero-order valence-corrected chi connectivity index (χ0v) is 27.8. The fourth-order valence-corrected chi connectivity index (χ4v) is 8.82. The van der Waals surface area contributed by atoms with Crippen molar-refractivity contribution in [3.8, 4) is 47.3 Å². The highest BCUT2D eigenvalue weighted by Crippen LogP contribution is 2.51. The Morgan fingerprint density at radius 3 is 2.48 bits per heavy atom. The topological polar surface area (TPSA) is 111 Å². The number of phenolic OH excluding ortho intramolecular Hbond substituents is 1. The quantitative estimate of drug-likeness (QED) is 0.190. The summed E-state index contributed by atoms with van der Waals surface area (Å²) in [5.41, 5.74) is -0.193. The van der Waals surface area contributed by atoms with E-state index < -0.39 is 11.6 Å². The van der Waals surface area contributed by atoms with E-state index >= 15 is 4.39 Å². The number of anilines is 1. The van der Waals surface area contributed by atoms with Gasteiger partial charge < -0.3 is 24.4 Å². The molecule has 2 bridgehead atoms. The number of nitriles is 1. The molecule has 2 aliphatic carbocycles. The number of piperidine rings is 1. The fraction of sp³-hybridized carbons (Fsp3) is 0.474. The van der Waals surface area contributed by atoms with Crippen LogP contribution in [0.2, 0.25) is 0 Å². The number of pyridine rings is 1. The predicted molar refractivity (Wildman–Crippen MR) is 183 cm³/mol. The summed E-state index contributed by atoms with van der Waals surface area (Å²) in [6, 6.07) is 8.11. The van der Waals surface area contributed by atoms with Crippen molar-refractivity contribution < 1.29 is 23.4 Å². The molecule has 9 rings (SSSR count). The third-order valence-corrected chi connectivity index (χ3v) is 11.6. The van der Waals surface area contributed by atoms with E-state index in [1.807, 2.05) is 0 Å². The highest BCUT2D eigenvalue weighted by atomic mass is 19.1. The molecule has 50 heavy (non-hydrogen) atoms. The normalized spacial score (nSPS) is 25.0. The van der Waals surface area contributed by atoms with Crippen LogP contribution < -0.4 is 14.4 Å². The van der Waals surface area contributed by atoms with E-state index in [1.165, 1.54) is 37.8 Å². The lowest BCUT2D eigenvalue weighted by Gasteiger charge is -2.40. The first kappa shape index (κ1) is 31.2. The Hall–Kier alpha value is -4.78. The van der Waals surface area contributed by atoms with E-state index in [2.05, 4.69) is 36.7 Å². The summed E-state index contributed by atoms with van der Waals surface area (Å²) < 4.78 is 44.4. The Kier molecular flexibility index (Phi) is 7.27. The number of phenols is 1. The molecule has 10 nitrogen and oxygen atoms in total. The van der Waals surface area contributed by atoms with Crippen LogP contribution in [0.3, 0.4) is 0 Å². The van der Waals surface area contributed by atoms with Crippen LogP contribution in [0.1, 0.15) is 37.7 Å². The van der Waals surface area contributed by atoms with Crippen LogP contribution in [-0.4, -0.2) is 94.9 Å². The third kappa shape index (κ3) is 5.16. The average Bonchev–Trinajstić information content (AvgIpc) is 4.00. The zero-order chi connectivity index (χ0) is 34.3. The predicted octanol–water partition coefficient (Wildman–Crippen LogP) is 5.11. The first-order valence-electron chi connectivity index (χ1n) is 17.4. The maximum Gasteiger partial charge on any atom is 0.319 e. The number of benzene rings is 2. The van der Waals surface area contributed by atoms with Gasteiger partial charge in [0.25, 0.3) is 0 Å². The van der Waals surface area contributed by atoms with Crippen molar-refractivity contribution in [1.29, 1.82) is 5.26 Å². The van der Waals surface area contributed by atoms with Crippen molar-refractivity contribution in [1.82, 2.24) is 24.8 Å². The van der Waals surface area contributed by atoms with Gasteiger partial charge >= 0.3 is 6.01 Å². The van der Waals surface area contributed by atoms with E-state index in [0.717, 1.165) is 57.2 Å². The minimum absolute atomic E-state index is 0.0209. The second-order valence-corrected chi connectivity index (χ2v) is 14.9. The molecular weight excluding hydrogens is 640 g/mol. The minimum Gasteiger partial charge on any atom is -0.508 e. The van der Waals surface area contributed by atoms with Crippen molar-refractivity contribution in [3.05, 3.63) is 41.5 Å². The summed E-state index contributed by atoms with van der Waals surface area (Å²) in [4.78, 5) is 21.1. The molecular formula is C38H37F2N7O3. The number of fused-ring (bicyclic) bond motifs is 5. The molecule has 4 aromatic rings. The summed E-state index contributed by atoms with van der Waals surface area (Å²) in [5.74, 6) is 3.01. The molecule has 3 aliphatic heterocycles. The summed E-state index contributed by atoms with van der Waals surface area (Å²) >= 11 is 0. The molecule has 0 spiro atoms. The molecule has 256 valence electrons.